The van der Waals surface area contributed by atoms with Crippen LogP contribution < -0.4 is 10.9 Å². The topological polar surface area (TPSA) is 47.6 Å². The van der Waals surface area contributed by atoms with Crippen molar-refractivity contribution >= 4 is 5.91 Å². The van der Waals surface area contributed by atoms with Gasteiger partial charge in [0.25, 0.3) is 0 Å². The third kappa shape index (κ3) is 4.35. The molecule has 2 aromatic rings. The van der Waals surface area contributed by atoms with Crippen molar-refractivity contribution in [1.29, 1.82) is 0 Å². The predicted octanol–water partition coefficient (Wildman–Crippen LogP) is 2.08. The van der Waals surface area contributed by atoms with Crippen LogP contribution in [-0.4, -0.2) is 48.1 Å². The standard InChI is InChI=1S/C21H25FN4O/c22-18-8-4-5-16(13-18)14-21(27)26-11-9-25(10-12-26)20-15-19(23-24-20)17-6-2-1-3-7-17/h1-8,13,19-20,23-24H,9-12,14-15H2. The lowest BCUT2D eigenvalue weighted by molar-refractivity contribution is -0.132. The minimum absolute atomic E-state index is 0.0694. The van der Waals surface area contributed by atoms with Crippen molar-refractivity contribution < 1.29 is 9.18 Å². The summed E-state index contributed by atoms with van der Waals surface area (Å²) in [4.78, 5) is 16.8. The van der Waals surface area contributed by atoms with Crippen molar-refractivity contribution in [3.63, 3.8) is 0 Å². The molecule has 142 valence electrons. The van der Waals surface area contributed by atoms with Crippen LogP contribution in [0.15, 0.2) is 54.6 Å². The van der Waals surface area contributed by atoms with Crippen LogP contribution in [0.4, 0.5) is 4.39 Å². The summed E-state index contributed by atoms with van der Waals surface area (Å²) in [6, 6.07) is 17.0. The number of nitrogens with one attached hydrogen (secondary N) is 2. The van der Waals surface area contributed by atoms with Crippen LogP contribution >= 0.6 is 0 Å². The monoisotopic (exact) mass is 368 g/mol. The summed E-state index contributed by atoms with van der Waals surface area (Å²) in [7, 11) is 0. The van der Waals surface area contributed by atoms with E-state index in [9.17, 15) is 9.18 Å². The van der Waals surface area contributed by atoms with Gasteiger partial charge in [-0.3, -0.25) is 9.69 Å². The molecule has 0 spiro atoms. The second kappa shape index (κ2) is 8.17. The molecule has 5 nitrogen and oxygen atoms in total. The molecule has 6 heteroatoms. The Morgan fingerprint density at radius 2 is 1.78 bits per heavy atom. The second-order valence-electron chi connectivity index (χ2n) is 7.23. The van der Waals surface area contributed by atoms with Gasteiger partial charge in [0.1, 0.15) is 5.82 Å². The van der Waals surface area contributed by atoms with E-state index in [2.05, 4.69) is 40.0 Å². The first-order chi connectivity index (χ1) is 13.2. The number of piperazine rings is 1. The van der Waals surface area contributed by atoms with E-state index in [4.69, 9.17) is 0 Å². The Kier molecular flexibility index (Phi) is 5.48. The Morgan fingerprint density at radius 1 is 1.00 bits per heavy atom. The van der Waals surface area contributed by atoms with Gasteiger partial charge in [0.2, 0.25) is 5.91 Å². The molecule has 4 rings (SSSR count). The highest BCUT2D eigenvalue weighted by Gasteiger charge is 2.32. The molecule has 2 atom stereocenters. The van der Waals surface area contributed by atoms with Gasteiger partial charge in [-0.25, -0.2) is 15.2 Å². The van der Waals surface area contributed by atoms with E-state index in [0.717, 1.165) is 25.1 Å². The first-order valence-electron chi connectivity index (χ1n) is 9.51. The molecular weight excluding hydrogens is 343 g/mol. The molecule has 2 aliphatic heterocycles. The quantitative estimate of drug-likeness (QED) is 0.868. The second-order valence-corrected chi connectivity index (χ2v) is 7.23. The van der Waals surface area contributed by atoms with Crippen LogP contribution in [0.25, 0.3) is 0 Å². The molecule has 0 saturated carbocycles. The SMILES string of the molecule is O=C(Cc1cccc(F)c1)N1CCN(C2CC(c3ccccc3)NN2)CC1. The van der Waals surface area contributed by atoms with Gasteiger partial charge >= 0.3 is 0 Å². The number of hydrogen-bond donors (Lipinski definition) is 2. The van der Waals surface area contributed by atoms with Crippen LogP contribution in [0.2, 0.25) is 0 Å². The van der Waals surface area contributed by atoms with E-state index in [1.807, 2.05) is 11.0 Å². The number of amides is 1. The normalized spacial score (nSPS) is 23.5. The lowest BCUT2D eigenvalue weighted by Crippen LogP contribution is -2.55. The van der Waals surface area contributed by atoms with Crippen molar-refractivity contribution in [1.82, 2.24) is 20.7 Å². The van der Waals surface area contributed by atoms with E-state index in [-0.39, 0.29) is 24.3 Å². The van der Waals surface area contributed by atoms with Crippen molar-refractivity contribution in [2.45, 2.75) is 25.0 Å². The van der Waals surface area contributed by atoms with Crippen LogP contribution in [-0.2, 0) is 11.2 Å². The minimum atomic E-state index is -0.294. The van der Waals surface area contributed by atoms with E-state index in [0.29, 0.717) is 19.1 Å². The van der Waals surface area contributed by atoms with Crippen LogP contribution in [0.3, 0.4) is 0 Å². The zero-order chi connectivity index (χ0) is 18.6. The molecular formula is C21H25FN4O. The number of hydrogen-bond acceptors (Lipinski definition) is 4. The number of carbonyl (C=O) groups is 1. The fraction of sp³-hybridized carbons (Fsp3) is 0.381. The molecule has 1 amide bonds. The van der Waals surface area contributed by atoms with Crippen molar-refractivity contribution in [2.75, 3.05) is 26.2 Å². The Hall–Kier alpha value is -2.28. The van der Waals surface area contributed by atoms with Gasteiger partial charge in [0, 0.05) is 32.2 Å². The van der Waals surface area contributed by atoms with Crippen LogP contribution in [0.5, 0.6) is 0 Å². The number of hydrazine groups is 1. The highest BCUT2D eigenvalue weighted by atomic mass is 19.1. The smallest absolute Gasteiger partial charge is 0.227 e. The average Bonchev–Trinajstić information content (AvgIpc) is 3.19. The maximum atomic E-state index is 13.3. The van der Waals surface area contributed by atoms with Gasteiger partial charge < -0.3 is 4.90 Å². The Bertz CT molecular complexity index is 777. The molecule has 0 radical (unpaired) electrons. The number of halogens is 1. The van der Waals surface area contributed by atoms with Crippen LogP contribution in [0.1, 0.15) is 23.6 Å². The summed E-state index contributed by atoms with van der Waals surface area (Å²) >= 11 is 0. The third-order valence-electron chi connectivity index (χ3n) is 5.44. The summed E-state index contributed by atoms with van der Waals surface area (Å²) in [5.74, 6) is -0.224. The maximum absolute atomic E-state index is 13.3. The number of nitrogens with zero attached hydrogens (tertiary/aromatic N) is 2. The summed E-state index contributed by atoms with van der Waals surface area (Å²) in [5, 5.41) is 0. The Morgan fingerprint density at radius 3 is 2.52 bits per heavy atom. The molecule has 0 aromatic heterocycles. The van der Waals surface area contributed by atoms with Gasteiger partial charge in [-0.2, -0.15) is 0 Å². The molecule has 2 aromatic carbocycles. The average molecular weight is 368 g/mol. The lowest BCUT2D eigenvalue weighted by Gasteiger charge is -2.37. The first kappa shape index (κ1) is 18.1. The predicted molar refractivity (Wildman–Crippen MR) is 102 cm³/mol. The zero-order valence-electron chi connectivity index (χ0n) is 15.3. The number of carbonyl (C=O) groups excluding carboxylic acids is 1. The number of benzene rings is 2. The van der Waals surface area contributed by atoms with E-state index in [1.165, 1.54) is 17.7 Å². The van der Waals surface area contributed by atoms with Gasteiger partial charge in [-0.15, -0.1) is 0 Å². The zero-order valence-corrected chi connectivity index (χ0v) is 15.3. The molecule has 27 heavy (non-hydrogen) atoms. The molecule has 2 fully saturated rings. The summed E-state index contributed by atoms with van der Waals surface area (Å²) < 4.78 is 13.3. The molecule has 2 N–H and O–H groups in total. The van der Waals surface area contributed by atoms with Crippen molar-refractivity contribution in [3.8, 4) is 0 Å². The Labute approximate surface area is 159 Å². The Balaban J connectivity index is 1.27. The van der Waals surface area contributed by atoms with Gasteiger partial charge in [0.15, 0.2) is 0 Å². The van der Waals surface area contributed by atoms with E-state index in [1.54, 1.807) is 12.1 Å². The van der Waals surface area contributed by atoms with Gasteiger partial charge in [-0.05, 0) is 29.7 Å². The summed E-state index contributed by atoms with van der Waals surface area (Å²) in [6.07, 6.45) is 1.54. The molecule has 2 aliphatic rings. The highest BCUT2D eigenvalue weighted by molar-refractivity contribution is 5.78. The first-order valence-corrected chi connectivity index (χ1v) is 9.51. The van der Waals surface area contributed by atoms with E-state index < -0.39 is 0 Å². The third-order valence-corrected chi connectivity index (χ3v) is 5.44. The molecule has 2 saturated heterocycles. The van der Waals surface area contributed by atoms with Crippen molar-refractivity contribution in [2.24, 2.45) is 0 Å². The van der Waals surface area contributed by atoms with Crippen molar-refractivity contribution in [3.05, 3.63) is 71.5 Å². The summed E-state index contributed by atoms with van der Waals surface area (Å²) in [6.45, 7) is 3.11. The van der Waals surface area contributed by atoms with Crippen LogP contribution in [0, 0.1) is 5.82 Å². The molecule has 2 unspecified atom stereocenters. The molecule has 0 aliphatic carbocycles. The molecule has 0 bridgehead atoms. The largest absolute Gasteiger partial charge is 0.340 e. The fourth-order valence-electron chi connectivity index (χ4n) is 3.90. The minimum Gasteiger partial charge on any atom is -0.340 e. The molecule has 2 heterocycles. The van der Waals surface area contributed by atoms with E-state index >= 15 is 0 Å². The summed E-state index contributed by atoms with van der Waals surface area (Å²) in [5.41, 5.74) is 8.80. The van der Waals surface area contributed by atoms with Gasteiger partial charge in [-0.1, -0.05) is 42.5 Å². The fourth-order valence-corrected chi connectivity index (χ4v) is 3.90. The lowest BCUT2D eigenvalue weighted by atomic mass is 10.0. The van der Waals surface area contributed by atoms with Gasteiger partial charge in [0.05, 0.1) is 12.6 Å². The highest BCUT2D eigenvalue weighted by Crippen LogP contribution is 2.24. The number of rotatable bonds is 4. The maximum Gasteiger partial charge on any atom is 0.227 e.